The number of hydrogen-bond donors (Lipinski definition) is 2. The zero-order valence-electron chi connectivity index (χ0n) is 10.5. The summed E-state index contributed by atoms with van der Waals surface area (Å²) in [5, 5.41) is 13.0. The molecule has 0 saturated carbocycles. The van der Waals surface area contributed by atoms with E-state index in [0.717, 1.165) is 12.1 Å². The van der Waals surface area contributed by atoms with Gasteiger partial charge in [0.1, 0.15) is 5.02 Å². The molecule has 0 fully saturated rings. The maximum absolute atomic E-state index is 12.7. The van der Waals surface area contributed by atoms with Crippen molar-refractivity contribution in [2.75, 3.05) is 0 Å². The quantitative estimate of drug-likeness (QED) is 0.282. The van der Waals surface area contributed by atoms with Crippen LogP contribution < -0.4 is 11.2 Å². The molecule has 0 aromatic heterocycles. The molecule has 0 radical (unpaired) electrons. The van der Waals surface area contributed by atoms with Gasteiger partial charge in [-0.2, -0.15) is 27.1 Å². The lowest BCUT2D eigenvalue weighted by Crippen LogP contribution is -2.49. The summed E-state index contributed by atoms with van der Waals surface area (Å²) in [6, 6.07) is 3.42. The first-order valence-electron chi connectivity index (χ1n) is 5.40. The molecule has 0 aliphatic heterocycles. The molecular formula is C10H8ClF5N4O2. The fraction of sp³-hybridized carbons (Fsp3) is 0.300. The van der Waals surface area contributed by atoms with Gasteiger partial charge in [0.15, 0.2) is 5.84 Å². The first kappa shape index (κ1) is 17.9. The van der Waals surface area contributed by atoms with Crippen molar-refractivity contribution in [1.82, 2.24) is 5.43 Å². The maximum atomic E-state index is 12.7. The summed E-state index contributed by atoms with van der Waals surface area (Å²) in [5.74, 6) is -7.22. The van der Waals surface area contributed by atoms with Crippen molar-refractivity contribution in [1.29, 1.82) is 0 Å². The topological polar surface area (TPSA) is 93.5 Å². The fourth-order valence-electron chi connectivity index (χ4n) is 1.24. The third-order valence-corrected chi connectivity index (χ3v) is 2.67. The normalized spacial score (nSPS) is 13.1. The molecule has 0 amide bonds. The van der Waals surface area contributed by atoms with E-state index in [0.29, 0.717) is 0 Å². The molecule has 0 aliphatic carbocycles. The lowest BCUT2D eigenvalue weighted by molar-refractivity contribution is -0.384. The van der Waals surface area contributed by atoms with Gasteiger partial charge in [0.2, 0.25) is 0 Å². The minimum absolute atomic E-state index is 0.220. The van der Waals surface area contributed by atoms with E-state index in [9.17, 15) is 32.1 Å². The Morgan fingerprint density at radius 3 is 2.41 bits per heavy atom. The summed E-state index contributed by atoms with van der Waals surface area (Å²) < 4.78 is 61.4. The number of nitrogens with zero attached hydrogens (tertiary/aromatic N) is 2. The molecule has 0 unspecified atom stereocenters. The van der Waals surface area contributed by atoms with Crippen LogP contribution in [0.25, 0.3) is 0 Å². The van der Waals surface area contributed by atoms with E-state index in [1.807, 2.05) is 5.43 Å². The molecule has 12 heteroatoms. The van der Waals surface area contributed by atoms with Gasteiger partial charge in [0.25, 0.3) is 5.69 Å². The van der Waals surface area contributed by atoms with Crippen LogP contribution in [-0.4, -0.2) is 22.9 Å². The third kappa shape index (κ3) is 3.93. The molecule has 0 saturated heterocycles. The highest BCUT2D eigenvalue weighted by atomic mass is 35.5. The summed E-state index contributed by atoms with van der Waals surface area (Å²) in [5.41, 5.74) is 6.40. The number of amidine groups is 1. The smallest absolute Gasteiger partial charge is 0.380 e. The average Bonchev–Trinajstić information content (AvgIpc) is 2.36. The zero-order chi connectivity index (χ0) is 17.1. The number of benzene rings is 1. The van der Waals surface area contributed by atoms with E-state index >= 15 is 0 Å². The first-order valence-corrected chi connectivity index (χ1v) is 5.78. The van der Waals surface area contributed by atoms with E-state index in [4.69, 9.17) is 11.6 Å². The van der Waals surface area contributed by atoms with Crippen molar-refractivity contribution >= 4 is 23.1 Å². The average molecular weight is 347 g/mol. The number of rotatable bonds is 5. The molecule has 1 aromatic rings. The van der Waals surface area contributed by atoms with Crippen molar-refractivity contribution in [3.63, 3.8) is 0 Å². The lowest BCUT2D eigenvalue weighted by atomic mass is 10.2. The highest BCUT2D eigenvalue weighted by Gasteiger charge is 2.61. The zero-order valence-corrected chi connectivity index (χ0v) is 11.3. The lowest BCUT2D eigenvalue weighted by Gasteiger charge is -2.18. The molecule has 1 aromatic carbocycles. The summed E-state index contributed by atoms with van der Waals surface area (Å²) >= 11 is 5.60. The van der Waals surface area contributed by atoms with Gasteiger partial charge < -0.3 is 11.2 Å². The van der Waals surface area contributed by atoms with Gasteiger partial charge in [-0.15, -0.1) is 0 Å². The van der Waals surface area contributed by atoms with E-state index in [2.05, 4.69) is 10.8 Å². The summed E-state index contributed by atoms with van der Waals surface area (Å²) in [6.45, 7) is -0.313. The second-order valence-electron chi connectivity index (χ2n) is 3.95. The Morgan fingerprint density at radius 2 is 1.95 bits per heavy atom. The monoisotopic (exact) mass is 346 g/mol. The minimum atomic E-state index is -5.86. The summed E-state index contributed by atoms with van der Waals surface area (Å²) in [7, 11) is 0. The van der Waals surface area contributed by atoms with Gasteiger partial charge >= 0.3 is 12.1 Å². The Bertz CT molecular complexity index is 605. The van der Waals surface area contributed by atoms with Crippen LogP contribution in [0.15, 0.2) is 23.3 Å². The van der Waals surface area contributed by atoms with E-state index < -0.39 is 22.9 Å². The molecule has 6 nitrogen and oxygen atoms in total. The van der Waals surface area contributed by atoms with Crippen LogP contribution in [0.4, 0.5) is 27.6 Å². The van der Waals surface area contributed by atoms with Crippen molar-refractivity contribution in [3.8, 4) is 0 Å². The van der Waals surface area contributed by atoms with Gasteiger partial charge in [-0.3, -0.25) is 10.1 Å². The van der Waals surface area contributed by atoms with Gasteiger partial charge in [-0.25, -0.2) is 0 Å². The van der Waals surface area contributed by atoms with Crippen LogP contribution in [0.2, 0.25) is 5.02 Å². The van der Waals surface area contributed by atoms with Crippen LogP contribution >= 0.6 is 11.6 Å². The Labute approximate surface area is 124 Å². The molecule has 1 rings (SSSR count). The van der Waals surface area contributed by atoms with Gasteiger partial charge in [-0.1, -0.05) is 17.7 Å². The maximum Gasteiger partial charge on any atom is 0.461 e. The number of hydrazone groups is 1. The number of nitrogens with two attached hydrogens (primary N) is 1. The van der Waals surface area contributed by atoms with Gasteiger partial charge in [0, 0.05) is 6.07 Å². The molecule has 0 heterocycles. The number of alkyl halides is 5. The van der Waals surface area contributed by atoms with Crippen molar-refractivity contribution < 1.29 is 26.9 Å². The van der Waals surface area contributed by atoms with E-state index in [1.165, 1.54) is 6.07 Å². The molecular weight excluding hydrogens is 339 g/mol. The Morgan fingerprint density at radius 1 is 1.36 bits per heavy atom. The van der Waals surface area contributed by atoms with Gasteiger partial charge in [-0.05, 0) is 11.6 Å². The predicted molar refractivity (Wildman–Crippen MR) is 67.6 cm³/mol. The van der Waals surface area contributed by atoms with Crippen LogP contribution in [0.3, 0.4) is 0 Å². The Balaban J connectivity index is 2.77. The first-order chi connectivity index (χ1) is 9.96. The number of halogens is 6. The van der Waals surface area contributed by atoms with Crippen molar-refractivity contribution in [3.05, 3.63) is 38.9 Å². The summed E-state index contributed by atoms with van der Waals surface area (Å²) in [6.07, 6.45) is -5.86. The van der Waals surface area contributed by atoms with E-state index in [1.54, 1.807) is 0 Å². The van der Waals surface area contributed by atoms with E-state index in [-0.39, 0.29) is 22.8 Å². The predicted octanol–water partition coefficient (Wildman–Crippen LogP) is 2.81. The number of hydrogen-bond acceptors (Lipinski definition) is 4. The molecule has 0 atom stereocenters. The number of nitrogens with one attached hydrogen (secondary N) is 1. The molecule has 3 N–H and O–H groups in total. The molecule has 0 spiro atoms. The molecule has 122 valence electrons. The molecule has 22 heavy (non-hydrogen) atoms. The van der Waals surface area contributed by atoms with Crippen LogP contribution in [0.1, 0.15) is 5.56 Å². The van der Waals surface area contributed by atoms with Crippen LogP contribution in [0, 0.1) is 10.1 Å². The fourth-order valence-corrected chi connectivity index (χ4v) is 1.51. The standard InChI is InChI=1S/C10H8ClF5N4O2/c11-6-3-5(1-2-7(6)20(21)22)4-18-19-8(17)9(12,13)10(14,15)16/h1-3,18H,4H2,(H2,17,19). The van der Waals surface area contributed by atoms with Crippen LogP contribution in [0.5, 0.6) is 0 Å². The Hall–Kier alpha value is -2.17. The number of nitro benzene ring substituents is 1. The highest BCUT2D eigenvalue weighted by molar-refractivity contribution is 6.32. The third-order valence-electron chi connectivity index (χ3n) is 2.37. The Kier molecular flexibility index (Phi) is 5.12. The second-order valence-corrected chi connectivity index (χ2v) is 4.35. The van der Waals surface area contributed by atoms with Crippen molar-refractivity contribution in [2.24, 2.45) is 10.8 Å². The SMILES string of the molecule is N/C(=N\NCc1ccc([N+](=O)[O-])c(Cl)c1)C(F)(F)C(F)(F)F. The van der Waals surface area contributed by atoms with Crippen LogP contribution in [-0.2, 0) is 6.54 Å². The van der Waals surface area contributed by atoms with Crippen molar-refractivity contribution in [2.45, 2.75) is 18.6 Å². The van der Waals surface area contributed by atoms with Gasteiger partial charge in [0.05, 0.1) is 11.5 Å². The number of nitro groups is 1. The minimum Gasteiger partial charge on any atom is -0.380 e. The molecule has 0 aliphatic rings. The second kappa shape index (κ2) is 6.30. The largest absolute Gasteiger partial charge is 0.461 e. The highest BCUT2D eigenvalue weighted by Crippen LogP contribution is 2.35. The molecule has 0 bridgehead atoms. The summed E-state index contributed by atoms with van der Waals surface area (Å²) in [4.78, 5) is 9.78.